The van der Waals surface area contributed by atoms with Crippen molar-refractivity contribution in [1.29, 1.82) is 0 Å². The van der Waals surface area contributed by atoms with Gasteiger partial charge in [-0.25, -0.2) is 0 Å². The molecule has 8 heteroatoms. The van der Waals surface area contributed by atoms with Gasteiger partial charge in [0, 0.05) is 31.8 Å². The van der Waals surface area contributed by atoms with Crippen LogP contribution in [0.15, 0.2) is 4.99 Å². The molecule has 0 aromatic carbocycles. The lowest BCUT2D eigenvalue weighted by Gasteiger charge is -2.49. The third-order valence-electron chi connectivity index (χ3n) is 8.09. The lowest BCUT2D eigenvalue weighted by Crippen LogP contribution is -2.58. The second kappa shape index (κ2) is 13.8. The molecular formula is C25H48IN5O2. The van der Waals surface area contributed by atoms with Gasteiger partial charge in [0.05, 0.1) is 25.4 Å². The highest BCUT2D eigenvalue weighted by Gasteiger charge is 2.39. The first kappa shape index (κ1) is 27.4. The molecule has 4 saturated heterocycles. The van der Waals surface area contributed by atoms with Gasteiger partial charge < -0.3 is 24.6 Å². The SMILES string of the molecule is CCNC(=NCC1(N2CCCCC2)CCN(C)CC1)N1CCC(OCC2CCCO2)CC1.I. The van der Waals surface area contributed by atoms with Gasteiger partial charge in [-0.15, -0.1) is 24.0 Å². The van der Waals surface area contributed by atoms with Crippen LogP contribution in [0.2, 0.25) is 0 Å². The van der Waals surface area contributed by atoms with E-state index in [1.54, 1.807) is 0 Å². The lowest BCUT2D eigenvalue weighted by atomic mass is 9.84. The van der Waals surface area contributed by atoms with Crippen molar-refractivity contribution in [2.75, 3.05) is 72.6 Å². The summed E-state index contributed by atoms with van der Waals surface area (Å²) in [6.07, 6.45) is 11.8. The van der Waals surface area contributed by atoms with E-state index in [1.807, 2.05) is 0 Å². The molecule has 0 amide bonds. The average molecular weight is 578 g/mol. The molecule has 0 bridgehead atoms. The van der Waals surface area contributed by atoms with Crippen LogP contribution in [0.25, 0.3) is 0 Å². The molecule has 33 heavy (non-hydrogen) atoms. The Hall–Kier alpha value is -0.160. The quantitative estimate of drug-likeness (QED) is 0.285. The number of rotatable bonds is 7. The normalized spacial score (nSPS) is 28.0. The maximum atomic E-state index is 6.19. The number of halogens is 1. The van der Waals surface area contributed by atoms with Gasteiger partial charge in [0.2, 0.25) is 0 Å². The summed E-state index contributed by atoms with van der Waals surface area (Å²) in [5.74, 6) is 1.11. The summed E-state index contributed by atoms with van der Waals surface area (Å²) < 4.78 is 11.9. The highest BCUT2D eigenvalue weighted by atomic mass is 127. The molecule has 7 nitrogen and oxygen atoms in total. The van der Waals surface area contributed by atoms with E-state index in [4.69, 9.17) is 14.5 Å². The van der Waals surface area contributed by atoms with Crippen LogP contribution >= 0.6 is 24.0 Å². The zero-order valence-corrected chi connectivity index (χ0v) is 23.4. The molecule has 0 spiro atoms. The van der Waals surface area contributed by atoms with Crippen LogP contribution in [-0.2, 0) is 9.47 Å². The summed E-state index contributed by atoms with van der Waals surface area (Å²) in [4.78, 5) is 13.0. The van der Waals surface area contributed by atoms with Crippen molar-refractivity contribution < 1.29 is 9.47 Å². The summed E-state index contributed by atoms with van der Waals surface area (Å²) in [6, 6.07) is 0. The number of hydrogen-bond acceptors (Lipinski definition) is 5. The van der Waals surface area contributed by atoms with E-state index in [9.17, 15) is 0 Å². The minimum absolute atomic E-state index is 0. The molecule has 4 aliphatic heterocycles. The minimum atomic E-state index is 0. The summed E-state index contributed by atoms with van der Waals surface area (Å²) in [6.45, 7) is 12.7. The molecule has 192 valence electrons. The van der Waals surface area contributed by atoms with Crippen molar-refractivity contribution >= 4 is 29.9 Å². The highest BCUT2D eigenvalue weighted by molar-refractivity contribution is 14.0. The van der Waals surface area contributed by atoms with E-state index < -0.39 is 0 Å². The maximum Gasteiger partial charge on any atom is 0.193 e. The Kier molecular flexibility index (Phi) is 11.5. The van der Waals surface area contributed by atoms with Gasteiger partial charge in [-0.05, 0) is 91.5 Å². The van der Waals surface area contributed by atoms with E-state index in [-0.39, 0.29) is 29.5 Å². The van der Waals surface area contributed by atoms with E-state index in [0.29, 0.717) is 12.2 Å². The topological polar surface area (TPSA) is 52.6 Å². The van der Waals surface area contributed by atoms with E-state index in [0.717, 1.165) is 64.6 Å². The molecule has 1 unspecified atom stereocenters. The number of ether oxygens (including phenoxy) is 2. The van der Waals surface area contributed by atoms with Crippen LogP contribution in [0.5, 0.6) is 0 Å². The van der Waals surface area contributed by atoms with Crippen molar-refractivity contribution in [1.82, 2.24) is 20.0 Å². The Morgan fingerprint density at radius 3 is 2.36 bits per heavy atom. The summed E-state index contributed by atoms with van der Waals surface area (Å²) in [5, 5.41) is 3.60. The fourth-order valence-electron chi connectivity index (χ4n) is 5.88. The second-order valence-electron chi connectivity index (χ2n) is 10.4. The third kappa shape index (κ3) is 7.66. The van der Waals surface area contributed by atoms with Gasteiger partial charge in [0.1, 0.15) is 0 Å². The maximum absolute atomic E-state index is 6.19. The van der Waals surface area contributed by atoms with Crippen molar-refractivity contribution in [2.24, 2.45) is 4.99 Å². The molecule has 0 aromatic heterocycles. The molecule has 4 heterocycles. The van der Waals surface area contributed by atoms with Gasteiger partial charge in [0.15, 0.2) is 5.96 Å². The summed E-state index contributed by atoms with van der Waals surface area (Å²) in [5.41, 5.74) is 0.246. The van der Waals surface area contributed by atoms with Gasteiger partial charge in [-0.1, -0.05) is 6.42 Å². The van der Waals surface area contributed by atoms with E-state index in [2.05, 4.69) is 34.0 Å². The Balaban J connectivity index is 0.00000306. The molecule has 1 atom stereocenters. The highest BCUT2D eigenvalue weighted by Crippen LogP contribution is 2.32. The predicted octanol–water partition coefficient (Wildman–Crippen LogP) is 3.18. The number of nitrogens with zero attached hydrogens (tertiary/aromatic N) is 4. The molecule has 0 aromatic rings. The van der Waals surface area contributed by atoms with Crippen molar-refractivity contribution in [2.45, 2.75) is 82.5 Å². The lowest BCUT2D eigenvalue weighted by molar-refractivity contribution is -0.0367. The first-order chi connectivity index (χ1) is 15.7. The van der Waals surface area contributed by atoms with Gasteiger partial charge >= 0.3 is 0 Å². The van der Waals surface area contributed by atoms with Gasteiger partial charge in [-0.2, -0.15) is 0 Å². The van der Waals surface area contributed by atoms with Crippen molar-refractivity contribution in [3.8, 4) is 0 Å². The van der Waals surface area contributed by atoms with Crippen LogP contribution in [-0.4, -0.2) is 111 Å². The van der Waals surface area contributed by atoms with Crippen molar-refractivity contribution in [3.63, 3.8) is 0 Å². The zero-order chi connectivity index (χ0) is 22.2. The molecule has 1 N–H and O–H groups in total. The number of nitrogens with one attached hydrogen (secondary N) is 1. The van der Waals surface area contributed by atoms with Crippen LogP contribution in [0.1, 0.15) is 64.7 Å². The number of aliphatic imine (C=N–C) groups is 1. The zero-order valence-electron chi connectivity index (χ0n) is 21.1. The Labute approximate surface area is 219 Å². The summed E-state index contributed by atoms with van der Waals surface area (Å²) in [7, 11) is 2.26. The number of likely N-dealkylation sites (tertiary alicyclic amines) is 3. The van der Waals surface area contributed by atoms with E-state index in [1.165, 1.54) is 64.7 Å². The third-order valence-corrected chi connectivity index (χ3v) is 8.09. The van der Waals surface area contributed by atoms with Crippen LogP contribution in [0.3, 0.4) is 0 Å². The first-order valence-corrected chi connectivity index (χ1v) is 13.4. The molecular weight excluding hydrogens is 529 g/mol. The number of guanidine groups is 1. The fourth-order valence-corrected chi connectivity index (χ4v) is 5.88. The first-order valence-electron chi connectivity index (χ1n) is 13.4. The molecule has 4 fully saturated rings. The van der Waals surface area contributed by atoms with Crippen LogP contribution in [0, 0.1) is 0 Å². The minimum Gasteiger partial charge on any atom is -0.376 e. The number of hydrogen-bond donors (Lipinski definition) is 1. The smallest absolute Gasteiger partial charge is 0.193 e. The van der Waals surface area contributed by atoms with Crippen LogP contribution in [0.4, 0.5) is 0 Å². The Bertz CT molecular complexity index is 579. The van der Waals surface area contributed by atoms with E-state index >= 15 is 0 Å². The molecule has 4 aliphatic rings. The predicted molar refractivity (Wildman–Crippen MR) is 146 cm³/mol. The molecule has 0 radical (unpaired) electrons. The Morgan fingerprint density at radius 1 is 1.00 bits per heavy atom. The molecule has 4 rings (SSSR count). The monoisotopic (exact) mass is 577 g/mol. The van der Waals surface area contributed by atoms with Crippen molar-refractivity contribution in [3.05, 3.63) is 0 Å². The Morgan fingerprint density at radius 2 is 1.73 bits per heavy atom. The molecule has 0 saturated carbocycles. The summed E-state index contributed by atoms with van der Waals surface area (Å²) >= 11 is 0. The van der Waals surface area contributed by atoms with Gasteiger partial charge in [0.25, 0.3) is 0 Å². The largest absolute Gasteiger partial charge is 0.376 e. The fraction of sp³-hybridized carbons (Fsp3) is 0.960. The van der Waals surface area contributed by atoms with Crippen LogP contribution < -0.4 is 5.32 Å². The van der Waals surface area contributed by atoms with Gasteiger partial charge in [-0.3, -0.25) is 9.89 Å². The molecule has 0 aliphatic carbocycles. The standard InChI is InChI=1S/C25H47N5O2.HI/c1-3-26-24(29-15-9-22(10-16-29)32-20-23-8-7-19-31-23)27-21-25(11-17-28(2)18-12-25)30-13-5-4-6-14-30;/h22-23H,3-21H2,1-2H3,(H,26,27);1H. The second-order valence-corrected chi connectivity index (χ2v) is 10.4. The number of piperidine rings is 3. The average Bonchev–Trinajstić information content (AvgIpc) is 3.36.